The lowest BCUT2D eigenvalue weighted by atomic mass is 9.94. The van der Waals surface area contributed by atoms with Gasteiger partial charge in [0.05, 0.1) is 12.2 Å². The largest absolute Gasteiger partial charge is 0.378 e. The van der Waals surface area contributed by atoms with Crippen molar-refractivity contribution in [2.24, 2.45) is 0 Å². The minimum atomic E-state index is 0.0900. The maximum absolute atomic E-state index is 12.3. The molecule has 6 heteroatoms. The van der Waals surface area contributed by atoms with Crippen molar-refractivity contribution in [3.63, 3.8) is 0 Å². The van der Waals surface area contributed by atoms with E-state index in [4.69, 9.17) is 0 Å². The molecule has 1 saturated heterocycles. The van der Waals surface area contributed by atoms with Crippen LogP contribution in [0.25, 0.3) is 44.5 Å². The summed E-state index contributed by atoms with van der Waals surface area (Å²) < 4.78 is 0. The van der Waals surface area contributed by atoms with Gasteiger partial charge in [-0.2, -0.15) is 0 Å². The fourth-order valence-electron chi connectivity index (χ4n) is 4.67. The first-order valence-electron chi connectivity index (χ1n) is 12.4. The lowest BCUT2D eigenvalue weighted by Gasteiger charge is -2.18. The lowest BCUT2D eigenvalue weighted by molar-refractivity contribution is -0.109. The van der Waals surface area contributed by atoms with Crippen LogP contribution in [0, 0.1) is 0 Å². The number of nitrogens with zero attached hydrogens (tertiary/aromatic N) is 3. The van der Waals surface area contributed by atoms with Crippen LogP contribution in [0.4, 0.5) is 11.4 Å². The average Bonchev–Trinajstić information content (AvgIpc) is 3.73. The number of pyridine rings is 2. The van der Waals surface area contributed by atoms with E-state index in [1.54, 1.807) is 29.7 Å². The zero-order chi connectivity index (χ0) is 25.9. The fourth-order valence-corrected chi connectivity index (χ4v) is 4.67. The topological polar surface area (TPSA) is 75.0 Å². The normalized spacial score (nSPS) is 12.3. The van der Waals surface area contributed by atoms with E-state index in [0.717, 1.165) is 62.2 Å². The first-order chi connectivity index (χ1) is 18.7. The molecule has 0 radical (unpaired) electrons. The van der Waals surface area contributed by atoms with Gasteiger partial charge in [0.1, 0.15) is 12.8 Å². The molecule has 0 spiro atoms. The van der Waals surface area contributed by atoms with E-state index in [2.05, 4.69) is 63.8 Å². The molecule has 3 heterocycles. The number of carbonyl (C=O) groups excluding carboxylic acids is 2. The molecule has 1 fully saturated rings. The van der Waals surface area contributed by atoms with Crippen molar-refractivity contribution in [3.8, 4) is 44.5 Å². The zero-order valence-corrected chi connectivity index (χ0v) is 20.5. The summed E-state index contributed by atoms with van der Waals surface area (Å²) in [5.74, 6) is 0.0900. The van der Waals surface area contributed by atoms with Gasteiger partial charge < -0.3 is 15.0 Å². The number of hydrogen-bond donors (Lipinski definition) is 1. The third kappa shape index (κ3) is 4.67. The van der Waals surface area contributed by atoms with Crippen LogP contribution < -0.4 is 10.2 Å². The Morgan fingerprint density at radius 2 is 1.11 bits per heavy atom. The first-order valence-corrected chi connectivity index (χ1v) is 12.4. The number of rotatable bonds is 8. The Morgan fingerprint density at radius 3 is 1.58 bits per heavy atom. The van der Waals surface area contributed by atoms with Crippen molar-refractivity contribution in [3.05, 3.63) is 110 Å². The van der Waals surface area contributed by atoms with Gasteiger partial charge in [0.25, 0.3) is 0 Å². The van der Waals surface area contributed by atoms with Gasteiger partial charge in [0.15, 0.2) is 0 Å². The SMILES string of the molecule is O=CCNc1cc(-c2ccc(-c3ccncc3)cc2)c(N2CC2=O)cc1-c1ccc(-c2ccncc2)cc1. The van der Waals surface area contributed by atoms with Gasteiger partial charge in [-0.05, 0) is 69.8 Å². The minimum Gasteiger partial charge on any atom is -0.378 e. The number of aromatic nitrogens is 2. The van der Waals surface area contributed by atoms with E-state index in [0.29, 0.717) is 6.54 Å². The number of aldehydes is 1. The smallest absolute Gasteiger partial charge is 0.247 e. The Labute approximate surface area is 220 Å². The van der Waals surface area contributed by atoms with E-state index in [1.165, 1.54) is 0 Å². The zero-order valence-electron chi connectivity index (χ0n) is 20.5. The number of carbonyl (C=O) groups is 2. The minimum absolute atomic E-state index is 0.0900. The van der Waals surface area contributed by atoms with Crippen LogP contribution in [0.1, 0.15) is 0 Å². The van der Waals surface area contributed by atoms with Crippen molar-refractivity contribution in [2.45, 2.75) is 0 Å². The Balaban J connectivity index is 1.43. The van der Waals surface area contributed by atoms with Crippen molar-refractivity contribution >= 4 is 23.6 Å². The summed E-state index contributed by atoms with van der Waals surface area (Å²) in [6.45, 7) is 0.578. The first kappa shape index (κ1) is 23.3. The Morgan fingerprint density at radius 1 is 0.658 bits per heavy atom. The molecule has 0 aliphatic carbocycles. The Hall–Kier alpha value is -5.10. The van der Waals surface area contributed by atoms with E-state index >= 15 is 0 Å². The molecule has 0 unspecified atom stereocenters. The van der Waals surface area contributed by atoms with Gasteiger partial charge in [0, 0.05) is 41.6 Å². The van der Waals surface area contributed by atoms with E-state index in [-0.39, 0.29) is 12.5 Å². The molecule has 3 aromatic carbocycles. The van der Waals surface area contributed by atoms with Gasteiger partial charge in [-0.3, -0.25) is 14.8 Å². The molecule has 1 aliphatic heterocycles. The molecular formula is C32H24N4O2. The number of nitrogens with one attached hydrogen (secondary N) is 1. The number of hydrogen-bond acceptors (Lipinski definition) is 5. The predicted octanol–water partition coefficient (Wildman–Crippen LogP) is 6.10. The molecular weight excluding hydrogens is 472 g/mol. The summed E-state index contributed by atoms with van der Waals surface area (Å²) in [5, 5.41) is 3.27. The van der Waals surface area contributed by atoms with E-state index in [1.807, 2.05) is 36.4 Å². The predicted molar refractivity (Wildman–Crippen MR) is 151 cm³/mol. The molecule has 6 nitrogen and oxygen atoms in total. The third-order valence-electron chi connectivity index (χ3n) is 6.71. The molecule has 38 heavy (non-hydrogen) atoms. The molecule has 0 atom stereocenters. The van der Waals surface area contributed by atoms with Gasteiger partial charge >= 0.3 is 0 Å². The van der Waals surface area contributed by atoms with Gasteiger partial charge in [-0.15, -0.1) is 0 Å². The molecule has 2 aromatic heterocycles. The van der Waals surface area contributed by atoms with Crippen LogP contribution in [0.5, 0.6) is 0 Å². The Kier molecular flexibility index (Phi) is 6.20. The van der Waals surface area contributed by atoms with Crippen LogP contribution >= 0.6 is 0 Å². The van der Waals surface area contributed by atoms with E-state index < -0.39 is 0 Å². The van der Waals surface area contributed by atoms with Crippen LogP contribution in [-0.4, -0.2) is 35.3 Å². The number of anilines is 2. The molecule has 1 N–H and O–H groups in total. The number of amides is 1. The molecule has 184 valence electrons. The molecule has 5 aromatic rings. The van der Waals surface area contributed by atoms with Crippen molar-refractivity contribution in [1.82, 2.24) is 9.97 Å². The molecule has 1 aliphatic rings. The van der Waals surface area contributed by atoms with Crippen LogP contribution in [0.3, 0.4) is 0 Å². The highest BCUT2D eigenvalue weighted by Crippen LogP contribution is 2.43. The van der Waals surface area contributed by atoms with Gasteiger partial charge in [-0.1, -0.05) is 48.5 Å². The second kappa shape index (κ2) is 10.1. The quantitative estimate of drug-likeness (QED) is 0.207. The summed E-state index contributed by atoms with van der Waals surface area (Å²) in [6, 6.07) is 28.5. The lowest BCUT2D eigenvalue weighted by Crippen LogP contribution is -2.06. The highest BCUT2D eigenvalue weighted by molar-refractivity contribution is 6.15. The van der Waals surface area contributed by atoms with Gasteiger partial charge in [-0.25, -0.2) is 0 Å². The van der Waals surface area contributed by atoms with Crippen LogP contribution in [0.15, 0.2) is 110 Å². The maximum Gasteiger partial charge on any atom is 0.247 e. The molecule has 1 amide bonds. The fraction of sp³-hybridized carbons (Fsp3) is 0.0625. The van der Waals surface area contributed by atoms with Crippen molar-refractivity contribution < 1.29 is 9.59 Å². The standard InChI is InChI=1S/C32H24N4O2/c37-18-17-35-30-19-29(27-7-3-23(4-8-27)25-11-15-34-16-12-25)31(36-21-32(36)38)20-28(30)26-5-1-22(2-6-26)24-9-13-33-14-10-24/h1-16,18-20,35H,17,21H2. The highest BCUT2D eigenvalue weighted by atomic mass is 16.2. The summed E-state index contributed by atoms with van der Waals surface area (Å²) in [5.41, 5.74) is 9.90. The summed E-state index contributed by atoms with van der Waals surface area (Å²) in [6.07, 6.45) is 7.96. The van der Waals surface area contributed by atoms with Crippen LogP contribution in [0.2, 0.25) is 0 Å². The Bertz CT molecular complexity index is 1600. The second-order valence-electron chi connectivity index (χ2n) is 9.07. The number of benzene rings is 3. The summed E-state index contributed by atoms with van der Waals surface area (Å²) in [7, 11) is 0. The van der Waals surface area contributed by atoms with Crippen molar-refractivity contribution in [1.29, 1.82) is 0 Å². The highest BCUT2D eigenvalue weighted by Gasteiger charge is 2.34. The molecule has 6 rings (SSSR count). The van der Waals surface area contributed by atoms with Crippen molar-refractivity contribution in [2.75, 3.05) is 23.3 Å². The second-order valence-corrected chi connectivity index (χ2v) is 9.07. The molecule has 0 saturated carbocycles. The van der Waals surface area contributed by atoms with E-state index in [9.17, 15) is 9.59 Å². The van der Waals surface area contributed by atoms with Gasteiger partial charge in [0.2, 0.25) is 5.91 Å². The summed E-state index contributed by atoms with van der Waals surface area (Å²) in [4.78, 5) is 33.5. The average molecular weight is 497 g/mol. The monoisotopic (exact) mass is 496 g/mol. The maximum atomic E-state index is 12.3. The molecule has 0 bridgehead atoms. The third-order valence-corrected chi connectivity index (χ3v) is 6.71. The summed E-state index contributed by atoms with van der Waals surface area (Å²) >= 11 is 0. The van der Waals surface area contributed by atoms with Crippen LogP contribution in [-0.2, 0) is 9.59 Å².